The average molecular weight is 428 g/mol. The lowest BCUT2D eigenvalue weighted by atomic mass is 9.98. The average Bonchev–Trinajstić information content (AvgIpc) is 3.20. The van der Waals surface area contributed by atoms with Crippen molar-refractivity contribution in [1.82, 2.24) is 14.5 Å². The summed E-state index contributed by atoms with van der Waals surface area (Å²) in [5.74, 6) is 0.530. The first kappa shape index (κ1) is 21.5. The molecule has 166 valence electrons. The van der Waals surface area contributed by atoms with E-state index < -0.39 is 12.1 Å². The van der Waals surface area contributed by atoms with E-state index in [0.717, 1.165) is 24.2 Å². The van der Waals surface area contributed by atoms with Gasteiger partial charge in [0.05, 0.1) is 19.2 Å². The normalized spacial score (nSPS) is 22.5. The molecule has 0 saturated carbocycles. The Kier molecular flexibility index (Phi) is 6.64. The maximum absolute atomic E-state index is 12.5. The van der Waals surface area contributed by atoms with Crippen LogP contribution in [-0.4, -0.2) is 63.8 Å². The number of aliphatic hydroxyl groups is 1. The van der Waals surface area contributed by atoms with Gasteiger partial charge in [-0.05, 0) is 30.5 Å². The smallest absolute Gasteiger partial charge is 0.249 e. The van der Waals surface area contributed by atoms with E-state index in [2.05, 4.69) is 10.3 Å². The van der Waals surface area contributed by atoms with Crippen molar-refractivity contribution in [3.63, 3.8) is 0 Å². The SMILES string of the molecule is Cn1ccnc1CN1C(=O)CO[C@H](c2ccc(NC(=O)C3CCOCC3)cc2)[C@H]1CO. The number of imidazole rings is 1. The fourth-order valence-electron chi connectivity index (χ4n) is 4.08. The second-order valence-electron chi connectivity index (χ2n) is 7.96. The fraction of sp³-hybridized carbons (Fsp3) is 0.500. The largest absolute Gasteiger partial charge is 0.394 e. The molecule has 2 fully saturated rings. The van der Waals surface area contributed by atoms with Crippen molar-refractivity contribution in [1.29, 1.82) is 0 Å². The third kappa shape index (κ3) is 4.79. The molecule has 9 nitrogen and oxygen atoms in total. The highest BCUT2D eigenvalue weighted by Gasteiger charge is 2.37. The van der Waals surface area contributed by atoms with Crippen LogP contribution in [0.25, 0.3) is 0 Å². The molecule has 2 amide bonds. The molecule has 1 aromatic carbocycles. The second-order valence-corrected chi connectivity index (χ2v) is 7.96. The topological polar surface area (TPSA) is 106 Å². The number of ether oxygens (including phenoxy) is 2. The number of aliphatic hydroxyl groups excluding tert-OH is 1. The minimum absolute atomic E-state index is 0.00467. The van der Waals surface area contributed by atoms with E-state index in [9.17, 15) is 14.7 Å². The van der Waals surface area contributed by atoms with Gasteiger partial charge >= 0.3 is 0 Å². The summed E-state index contributed by atoms with van der Waals surface area (Å²) >= 11 is 0. The highest BCUT2D eigenvalue weighted by Crippen LogP contribution is 2.31. The van der Waals surface area contributed by atoms with Crippen LogP contribution < -0.4 is 5.32 Å². The molecule has 1 aromatic heterocycles. The number of morpholine rings is 1. The van der Waals surface area contributed by atoms with Crippen molar-refractivity contribution in [2.45, 2.75) is 31.5 Å². The van der Waals surface area contributed by atoms with E-state index in [-0.39, 0.29) is 30.9 Å². The molecule has 2 N–H and O–H groups in total. The van der Waals surface area contributed by atoms with Gasteiger partial charge < -0.3 is 29.4 Å². The Morgan fingerprint density at radius 3 is 2.65 bits per heavy atom. The number of hydrogen-bond donors (Lipinski definition) is 2. The summed E-state index contributed by atoms with van der Waals surface area (Å²) in [5.41, 5.74) is 1.54. The Morgan fingerprint density at radius 1 is 1.26 bits per heavy atom. The molecule has 3 heterocycles. The van der Waals surface area contributed by atoms with Gasteiger partial charge in [0.1, 0.15) is 18.5 Å². The summed E-state index contributed by atoms with van der Waals surface area (Å²) in [7, 11) is 1.87. The zero-order chi connectivity index (χ0) is 21.8. The van der Waals surface area contributed by atoms with Crippen LogP contribution in [-0.2, 0) is 32.7 Å². The number of aromatic nitrogens is 2. The predicted molar refractivity (Wildman–Crippen MR) is 112 cm³/mol. The van der Waals surface area contributed by atoms with Gasteiger partial charge in [0.15, 0.2) is 0 Å². The summed E-state index contributed by atoms with van der Waals surface area (Å²) in [5, 5.41) is 13.0. The lowest BCUT2D eigenvalue weighted by molar-refractivity contribution is -0.162. The molecule has 2 aliphatic heterocycles. The number of benzene rings is 1. The summed E-state index contributed by atoms with van der Waals surface area (Å²) in [6, 6.07) is 6.84. The van der Waals surface area contributed by atoms with Gasteiger partial charge in [-0.15, -0.1) is 0 Å². The molecule has 9 heteroatoms. The second kappa shape index (κ2) is 9.59. The van der Waals surface area contributed by atoms with Crippen LogP contribution in [0.2, 0.25) is 0 Å². The standard InChI is InChI=1S/C22H28N4O5/c1-25-9-8-23-19(25)12-26-18(13-27)21(31-14-20(26)28)15-2-4-17(5-3-15)24-22(29)16-6-10-30-11-7-16/h2-5,8-9,16,18,21,27H,6-7,10-14H2,1H3,(H,24,29)/t18-,21-/m1/s1. The predicted octanol–water partition coefficient (Wildman–Crippen LogP) is 1.25. The number of carbonyl (C=O) groups excluding carboxylic acids is 2. The van der Waals surface area contributed by atoms with Crippen molar-refractivity contribution in [2.24, 2.45) is 13.0 Å². The van der Waals surface area contributed by atoms with Crippen molar-refractivity contribution in [3.05, 3.63) is 48.0 Å². The van der Waals surface area contributed by atoms with E-state index in [1.165, 1.54) is 0 Å². The van der Waals surface area contributed by atoms with Crippen LogP contribution in [0.5, 0.6) is 0 Å². The molecule has 0 radical (unpaired) electrons. The molecule has 2 aromatic rings. The summed E-state index contributed by atoms with van der Waals surface area (Å²) in [6.07, 6.45) is 4.50. The van der Waals surface area contributed by atoms with Crippen LogP contribution in [0.4, 0.5) is 5.69 Å². The highest BCUT2D eigenvalue weighted by atomic mass is 16.5. The number of nitrogens with one attached hydrogen (secondary N) is 1. The molecule has 0 aliphatic carbocycles. The maximum Gasteiger partial charge on any atom is 0.249 e. The number of carbonyl (C=O) groups is 2. The first-order valence-corrected chi connectivity index (χ1v) is 10.5. The van der Waals surface area contributed by atoms with Crippen molar-refractivity contribution in [3.8, 4) is 0 Å². The van der Waals surface area contributed by atoms with Crippen molar-refractivity contribution >= 4 is 17.5 Å². The van der Waals surface area contributed by atoms with Gasteiger partial charge in [0.2, 0.25) is 11.8 Å². The van der Waals surface area contributed by atoms with Gasteiger partial charge in [0.25, 0.3) is 0 Å². The molecule has 2 aliphatic rings. The van der Waals surface area contributed by atoms with E-state index in [4.69, 9.17) is 9.47 Å². The molecule has 2 atom stereocenters. The number of anilines is 1. The maximum atomic E-state index is 12.5. The van der Waals surface area contributed by atoms with Crippen molar-refractivity contribution in [2.75, 3.05) is 31.7 Å². The summed E-state index contributed by atoms with van der Waals surface area (Å²) in [4.78, 5) is 30.8. The zero-order valence-corrected chi connectivity index (χ0v) is 17.6. The Morgan fingerprint density at radius 2 is 2.00 bits per heavy atom. The molecule has 0 spiro atoms. The van der Waals surface area contributed by atoms with Crippen LogP contribution >= 0.6 is 0 Å². The first-order valence-electron chi connectivity index (χ1n) is 10.5. The quantitative estimate of drug-likeness (QED) is 0.717. The molecular formula is C22H28N4O5. The fourth-order valence-corrected chi connectivity index (χ4v) is 4.08. The first-order chi connectivity index (χ1) is 15.1. The Balaban J connectivity index is 1.45. The molecule has 31 heavy (non-hydrogen) atoms. The minimum Gasteiger partial charge on any atom is -0.394 e. The molecule has 4 rings (SSSR count). The third-order valence-corrected chi connectivity index (χ3v) is 5.98. The van der Waals surface area contributed by atoms with E-state index in [1.54, 1.807) is 11.1 Å². The van der Waals surface area contributed by atoms with E-state index in [0.29, 0.717) is 25.4 Å². The van der Waals surface area contributed by atoms with Crippen LogP contribution in [0.3, 0.4) is 0 Å². The van der Waals surface area contributed by atoms with Crippen molar-refractivity contribution < 1.29 is 24.2 Å². The van der Waals surface area contributed by atoms with Crippen LogP contribution in [0.1, 0.15) is 30.3 Å². The lowest BCUT2D eigenvalue weighted by Gasteiger charge is -2.40. The van der Waals surface area contributed by atoms with Gasteiger partial charge in [0, 0.05) is 44.3 Å². The Hall–Kier alpha value is -2.75. The Labute approximate surface area is 181 Å². The Bertz CT molecular complexity index is 907. The number of amides is 2. The van der Waals surface area contributed by atoms with Gasteiger partial charge in [-0.2, -0.15) is 0 Å². The van der Waals surface area contributed by atoms with Crippen LogP contribution in [0, 0.1) is 5.92 Å². The summed E-state index contributed by atoms with van der Waals surface area (Å²) < 4.78 is 13.0. The monoisotopic (exact) mass is 428 g/mol. The van der Waals surface area contributed by atoms with Crippen LogP contribution in [0.15, 0.2) is 36.7 Å². The van der Waals surface area contributed by atoms with Gasteiger partial charge in [-0.1, -0.05) is 12.1 Å². The molecular weight excluding hydrogens is 400 g/mol. The number of nitrogens with zero attached hydrogens (tertiary/aromatic N) is 3. The van der Waals surface area contributed by atoms with Gasteiger partial charge in [-0.25, -0.2) is 4.98 Å². The van der Waals surface area contributed by atoms with E-state index >= 15 is 0 Å². The number of rotatable bonds is 6. The number of aryl methyl sites for hydroxylation is 1. The molecule has 0 unspecified atom stereocenters. The van der Waals surface area contributed by atoms with E-state index in [1.807, 2.05) is 42.1 Å². The molecule has 0 bridgehead atoms. The third-order valence-electron chi connectivity index (χ3n) is 5.98. The number of hydrogen-bond acceptors (Lipinski definition) is 6. The summed E-state index contributed by atoms with van der Waals surface area (Å²) in [6.45, 7) is 1.24. The highest BCUT2D eigenvalue weighted by molar-refractivity contribution is 5.92. The zero-order valence-electron chi connectivity index (χ0n) is 17.6. The molecule has 2 saturated heterocycles. The minimum atomic E-state index is -0.527. The lowest BCUT2D eigenvalue weighted by Crippen LogP contribution is -2.52. The van der Waals surface area contributed by atoms with Gasteiger partial charge in [-0.3, -0.25) is 9.59 Å².